The summed E-state index contributed by atoms with van der Waals surface area (Å²) in [7, 11) is 0. The van der Waals surface area contributed by atoms with E-state index < -0.39 is 0 Å². The molecule has 0 amide bonds. The van der Waals surface area contributed by atoms with Crippen LogP contribution in [0, 0.1) is 0 Å². The lowest BCUT2D eigenvalue weighted by Gasteiger charge is -2.10. The molecule has 0 atom stereocenters. The predicted octanol–water partition coefficient (Wildman–Crippen LogP) is 9.77. The van der Waals surface area contributed by atoms with Gasteiger partial charge >= 0.3 is 0 Å². The Kier molecular flexibility index (Phi) is 4.39. The molecule has 0 aliphatic rings. The second-order valence-electron chi connectivity index (χ2n) is 8.71. The molecule has 0 fully saturated rings. The SMILES string of the molecule is c1ccc2cc(-c3ccc(Nc4cccc5c4sc4ccc6ccccc6c45)cc3)ccc2c1. The van der Waals surface area contributed by atoms with Gasteiger partial charge in [0.25, 0.3) is 0 Å². The van der Waals surface area contributed by atoms with Gasteiger partial charge in [-0.25, -0.2) is 0 Å². The lowest BCUT2D eigenvalue weighted by Crippen LogP contribution is -1.90. The van der Waals surface area contributed by atoms with Crippen molar-refractivity contribution in [1.82, 2.24) is 0 Å². The second-order valence-corrected chi connectivity index (χ2v) is 9.76. The first kappa shape index (κ1) is 19.3. The third kappa shape index (κ3) is 3.15. The van der Waals surface area contributed by atoms with E-state index in [2.05, 4.69) is 127 Å². The van der Waals surface area contributed by atoms with Crippen molar-refractivity contribution in [3.05, 3.63) is 121 Å². The Bertz CT molecular complexity index is 1830. The maximum absolute atomic E-state index is 3.67. The molecule has 1 heterocycles. The van der Waals surface area contributed by atoms with Crippen LogP contribution in [0.5, 0.6) is 0 Å². The molecule has 0 bridgehead atoms. The number of nitrogens with one attached hydrogen (secondary N) is 1. The smallest absolute Gasteiger partial charge is 0.0590 e. The van der Waals surface area contributed by atoms with Crippen molar-refractivity contribution < 1.29 is 0 Å². The third-order valence-electron chi connectivity index (χ3n) is 6.63. The van der Waals surface area contributed by atoms with Crippen LogP contribution < -0.4 is 5.32 Å². The molecular formula is C32H21NS. The maximum atomic E-state index is 3.67. The average Bonchev–Trinajstić information content (AvgIpc) is 3.29. The summed E-state index contributed by atoms with van der Waals surface area (Å²) in [6.45, 7) is 0. The maximum Gasteiger partial charge on any atom is 0.0590 e. The van der Waals surface area contributed by atoms with Crippen molar-refractivity contribution in [2.24, 2.45) is 0 Å². The summed E-state index contributed by atoms with van der Waals surface area (Å²) in [6.07, 6.45) is 0. The minimum atomic E-state index is 1.10. The number of fused-ring (bicyclic) bond motifs is 6. The van der Waals surface area contributed by atoms with Crippen molar-refractivity contribution in [1.29, 1.82) is 0 Å². The van der Waals surface area contributed by atoms with E-state index in [1.807, 2.05) is 11.3 Å². The Morgan fingerprint density at radius 1 is 0.500 bits per heavy atom. The van der Waals surface area contributed by atoms with E-state index in [-0.39, 0.29) is 0 Å². The standard InChI is InChI=1S/C32H21NS/c1-2-8-24-20-25(13-12-21(24)6-1)22-14-17-26(18-15-22)33-29-11-5-10-28-31-27-9-4-3-7-23(27)16-19-30(31)34-32(28)29/h1-20,33H. The van der Waals surface area contributed by atoms with Crippen LogP contribution >= 0.6 is 11.3 Å². The summed E-state index contributed by atoms with van der Waals surface area (Å²) in [5.41, 5.74) is 4.71. The molecule has 2 heteroatoms. The van der Waals surface area contributed by atoms with E-state index in [9.17, 15) is 0 Å². The molecule has 0 aliphatic carbocycles. The average molecular weight is 452 g/mol. The van der Waals surface area contributed by atoms with Gasteiger partial charge in [-0.2, -0.15) is 0 Å². The molecule has 0 saturated carbocycles. The van der Waals surface area contributed by atoms with Crippen LogP contribution in [0.1, 0.15) is 0 Å². The molecule has 1 aromatic heterocycles. The van der Waals surface area contributed by atoms with E-state index in [0.29, 0.717) is 0 Å². The molecule has 0 unspecified atom stereocenters. The Labute approximate surface area is 201 Å². The van der Waals surface area contributed by atoms with Crippen molar-refractivity contribution in [2.75, 3.05) is 5.32 Å². The first-order valence-electron chi connectivity index (χ1n) is 11.5. The lowest BCUT2D eigenvalue weighted by atomic mass is 10.0. The van der Waals surface area contributed by atoms with Crippen molar-refractivity contribution in [2.45, 2.75) is 0 Å². The van der Waals surface area contributed by atoms with E-state index in [0.717, 1.165) is 11.4 Å². The zero-order chi connectivity index (χ0) is 22.5. The van der Waals surface area contributed by atoms with Gasteiger partial charge in [-0.15, -0.1) is 11.3 Å². The number of benzene rings is 6. The summed E-state index contributed by atoms with van der Waals surface area (Å²) >= 11 is 1.86. The molecule has 0 saturated heterocycles. The fourth-order valence-electron chi connectivity index (χ4n) is 4.94. The first-order chi connectivity index (χ1) is 16.8. The first-order valence-corrected chi connectivity index (χ1v) is 12.3. The van der Waals surface area contributed by atoms with Gasteiger partial charge in [-0.1, -0.05) is 91.0 Å². The topological polar surface area (TPSA) is 12.0 Å². The van der Waals surface area contributed by atoms with Crippen molar-refractivity contribution >= 4 is 64.4 Å². The highest BCUT2D eigenvalue weighted by Crippen LogP contribution is 2.42. The summed E-state index contributed by atoms with van der Waals surface area (Å²) in [5, 5.41) is 11.5. The summed E-state index contributed by atoms with van der Waals surface area (Å²) in [5.74, 6) is 0. The van der Waals surface area contributed by atoms with Crippen LogP contribution in [0.2, 0.25) is 0 Å². The van der Waals surface area contributed by atoms with Gasteiger partial charge in [0.1, 0.15) is 0 Å². The summed E-state index contributed by atoms with van der Waals surface area (Å²) in [6, 6.07) is 43.6. The highest BCUT2D eigenvalue weighted by atomic mass is 32.1. The Hall–Kier alpha value is -4.14. The Morgan fingerprint density at radius 3 is 2.09 bits per heavy atom. The molecule has 0 radical (unpaired) electrons. The van der Waals surface area contributed by atoms with E-state index in [1.165, 1.54) is 52.8 Å². The summed E-state index contributed by atoms with van der Waals surface area (Å²) in [4.78, 5) is 0. The molecule has 160 valence electrons. The van der Waals surface area contributed by atoms with E-state index in [1.54, 1.807) is 0 Å². The Balaban J connectivity index is 1.26. The van der Waals surface area contributed by atoms with E-state index in [4.69, 9.17) is 0 Å². The van der Waals surface area contributed by atoms with Crippen LogP contribution in [0.3, 0.4) is 0 Å². The monoisotopic (exact) mass is 451 g/mol. The normalized spacial score (nSPS) is 11.5. The molecule has 6 aromatic carbocycles. The van der Waals surface area contributed by atoms with Crippen LogP contribution in [-0.4, -0.2) is 0 Å². The van der Waals surface area contributed by atoms with Gasteiger partial charge in [0.2, 0.25) is 0 Å². The molecular weight excluding hydrogens is 430 g/mol. The number of hydrogen-bond acceptors (Lipinski definition) is 2. The largest absolute Gasteiger partial charge is 0.354 e. The zero-order valence-electron chi connectivity index (χ0n) is 18.5. The van der Waals surface area contributed by atoms with Crippen LogP contribution in [0.4, 0.5) is 11.4 Å². The summed E-state index contributed by atoms with van der Waals surface area (Å²) < 4.78 is 2.63. The van der Waals surface area contributed by atoms with E-state index >= 15 is 0 Å². The molecule has 34 heavy (non-hydrogen) atoms. The van der Waals surface area contributed by atoms with Gasteiger partial charge in [-0.05, 0) is 63.0 Å². The molecule has 1 nitrogen and oxygen atoms in total. The fraction of sp³-hybridized carbons (Fsp3) is 0. The highest BCUT2D eigenvalue weighted by molar-refractivity contribution is 7.26. The van der Waals surface area contributed by atoms with Gasteiger partial charge < -0.3 is 5.32 Å². The predicted molar refractivity (Wildman–Crippen MR) is 150 cm³/mol. The van der Waals surface area contributed by atoms with Crippen LogP contribution in [-0.2, 0) is 0 Å². The highest BCUT2D eigenvalue weighted by Gasteiger charge is 2.12. The minimum absolute atomic E-state index is 1.10. The van der Waals surface area contributed by atoms with Gasteiger partial charge in [-0.3, -0.25) is 0 Å². The fourth-order valence-corrected chi connectivity index (χ4v) is 6.12. The minimum Gasteiger partial charge on any atom is -0.354 e. The number of thiophene rings is 1. The molecule has 7 rings (SSSR count). The quantitative estimate of drug-likeness (QED) is 0.282. The van der Waals surface area contributed by atoms with Crippen molar-refractivity contribution in [3.8, 4) is 11.1 Å². The molecule has 0 aliphatic heterocycles. The lowest BCUT2D eigenvalue weighted by molar-refractivity contribution is 1.57. The third-order valence-corrected chi connectivity index (χ3v) is 7.84. The Morgan fingerprint density at radius 2 is 1.21 bits per heavy atom. The van der Waals surface area contributed by atoms with Crippen molar-refractivity contribution in [3.63, 3.8) is 0 Å². The number of anilines is 2. The van der Waals surface area contributed by atoms with Crippen LogP contribution in [0.25, 0.3) is 52.8 Å². The molecule has 0 spiro atoms. The van der Waals surface area contributed by atoms with Crippen LogP contribution in [0.15, 0.2) is 121 Å². The van der Waals surface area contributed by atoms with Gasteiger partial charge in [0.15, 0.2) is 0 Å². The zero-order valence-corrected chi connectivity index (χ0v) is 19.3. The number of hydrogen-bond donors (Lipinski definition) is 1. The molecule has 1 N–H and O–H groups in total. The molecule has 7 aromatic rings. The second kappa shape index (κ2) is 7.72. The van der Waals surface area contributed by atoms with Gasteiger partial charge in [0.05, 0.1) is 10.4 Å². The van der Waals surface area contributed by atoms with Gasteiger partial charge in [0, 0.05) is 21.2 Å². The number of rotatable bonds is 3.